The van der Waals surface area contributed by atoms with E-state index in [0.717, 1.165) is 34.3 Å². The van der Waals surface area contributed by atoms with Crippen molar-refractivity contribution in [2.75, 3.05) is 17.2 Å². The molecule has 1 atom stereocenters. The molecule has 3 aromatic carbocycles. The number of carbonyl (C=O) groups excluding carboxylic acids is 1. The highest BCUT2D eigenvalue weighted by atomic mass is 19.1. The SMILES string of the molecule is Cc1ccc(Nc2c(-c3ccc(F)cc3)nc3n2CCN(C(=O)C(C)Nc2ccc(C)cc2)C3)cc1. The van der Waals surface area contributed by atoms with Gasteiger partial charge in [0.2, 0.25) is 5.91 Å². The third-order valence-electron chi connectivity index (χ3n) is 6.52. The van der Waals surface area contributed by atoms with E-state index < -0.39 is 0 Å². The summed E-state index contributed by atoms with van der Waals surface area (Å²) in [5, 5.41) is 6.82. The molecule has 2 heterocycles. The number of fused-ring (bicyclic) bond motifs is 1. The Kier molecular flexibility index (Phi) is 6.46. The predicted molar refractivity (Wildman–Crippen MR) is 142 cm³/mol. The smallest absolute Gasteiger partial charge is 0.245 e. The Labute approximate surface area is 210 Å². The molecule has 184 valence electrons. The molecule has 0 aliphatic carbocycles. The number of hydrogen-bond donors (Lipinski definition) is 2. The van der Waals surface area contributed by atoms with Crippen LogP contribution in [0.4, 0.5) is 21.6 Å². The topological polar surface area (TPSA) is 62.2 Å². The number of hydrogen-bond acceptors (Lipinski definition) is 4. The van der Waals surface area contributed by atoms with Gasteiger partial charge >= 0.3 is 0 Å². The molecular weight excluding hydrogens is 453 g/mol. The zero-order valence-electron chi connectivity index (χ0n) is 20.8. The van der Waals surface area contributed by atoms with E-state index in [-0.39, 0.29) is 17.8 Å². The highest BCUT2D eigenvalue weighted by Gasteiger charge is 2.29. The van der Waals surface area contributed by atoms with Crippen LogP contribution < -0.4 is 10.6 Å². The first-order chi connectivity index (χ1) is 17.4. The standard InChI is InChI=1S/C29H30FN5O/c1-19-4-12-24(13-5-19)31-21(3)29(36)34-16-17-35-26(18-34)33-27(22-8-10-23(30)11-9-22)28(35)32-25-14-6-20(2)7-15-25/h4-15,21,31-32H,16-18H2,1-3H3. The summed E-state index contributed by atoms with van der Waals surface area (Å²) in [6.45, 7) is 7.57. The molecule has 1 unspecified atom stereocenters. The molecule has 1 aliphatic rings. The number of nitrogens with one attached hydrogen (secondary N) is 2. The highest BCUT2D eigenvalue weighted by Crippen LogP contribution is 2.33. The minimum atomic E-state index is -0.365. The maximum atomic E-state index is 13.6. The minimum absolute atomic E-state index is 0.0289. The molecule has 36 heavy (non-hydrogen) atoms. The van der Waals surface area contributed by atoms with Gasteiger partial charge in [0.1, 0.15) is 29.2 Å². The summed E-state index contributed by atoms with van der Waals surface area (Å²) >= 11 is 0. The second kappa shape index (κ2) is 9.85. The van der Waals surface area contributed by atoms with Gasteiger partial charge in [-0.2, -0.15) is 0 Å². The number of aryl methyl sites for hydroxylation is 2. The minimum Gasteiger partial charge on any atom is -0.374 e. The average Bonchev–Trinajstić information content (AvgIpc) is 3.24. The third kappa shape index (κ3) is 4.96. The molecule has 0 saturated carbocycles. The third-order valence-corrected chi connectivity index (χ3v) is 6.52. The van der Waals surface area contributed by atoms with E-state index in [9.17, 15) is 9.18 Å². The average molecular weight is 484 g/mol. The van der Waals surface area contributed by atoms with Crippen LogP contribution in [0.15, 0.2) is 72.8 Å². The van der Waals surface area contributed by atoms with Gasteiger partial charge in [0.05, 0.1) is 6.54 Å². The molecule has 0 radical (unpaired) electrons. The molecule has 4 aromatic rings. The van der Waals surface area contributed by atoms with Crippen molar-refractivity contribution in [2.45, 2.75) is 39.9 Å². The van der Waals surface area contributed by atoms with Crippen molar-refractivity contribution in [3.63, 3.8) is 0 Å². The van der Waals surface area contributed by atoms with Crippen LogP contribution in [0.1, 0.15) is 23.9 Å². The Morgan fingerprint density at radius 2 is 1.50 bits per heavy atom. The fourth-order valence-electron chi connectivity index (χ4n) is 4.46. The van der Waals surface area contributed by atoms with Crippen LogP contribution in [-0.4, -0.2) is 32.9 Å². The Bertz CT molecular complexity index is 1360. The molecule has 2 N–H and O–H groups in total. The van der Waals surface area contributed by atoms with Crippen LogP contribution in [0, 0.1) is 19.7 Å². The van der Waals surface area contributed by atoms with Gasteiger partial charge in [-0.3, -0.25) is 4.79 Å². The van der Waals surface area contributed by atoms with Crippen LogP contribution in [-0.2, 0) is 17.9 Å². The Morgan fingerprint density at radius 3 is 2.14 bits per heavy atom. The van der Waals surface area contributed by atoms with Gasteiger partial charge in [-0.25, -0.2) is 9.37 Å². The first kappa shape index (κ1) is 23.6. The zero-order valence-corrected chi connectivity index (χ0v) is 20.8. The summed E-state index contributed by atoms with van der Waals surface area (Å²) in [4.78, 5) is 20.0. The summed E-state index contributed by atoms with van der Waals surface area (Å²) in [6, 6.07) is 22.2. The molecule has 0 saturated heterocycles. The van der Waals surface area contributed by atoms with Crippen molar-refractivity contribution in [1.82, 2.24) is 14.5 Å². The van der Waals surface area contributed by atoms with E-state index in [0.29, 0.717) is 19.6 Å². The number of carbonyl (C=O) groups is 1. The molecule has 1 aliphatic heterocycles. The second-order valence-corrected chi connectivity index (χ2v) is 9.37. The number of imidazole rings is 1. The molecule has 0 fully saturated rings. The van der Waals surface area contributed by atoms with Gasteiger partial charge in [0.25, 0.3) is 0 Å². The first-order valence-electron chi connectivity index (χ1n) is 12.2. The summed E-state index contributed by atoms with van der Waals surface area (Å²) in [5.41, 5.74) is 5.78. The molecule has 5 rings (SSSR count). The van der Waals surface area contributed by atoms with E-state index in [1.165, 1.54) is 23.3 Å². The molecule has 1 amide bonds. The number of nitrogens with zero attached hydrogens (tertiary/aromatic N) is 3. The van der Waals surface area contributed by atoms with Crippen molar-refractivity contribution >= 4 is 23.1 Å². The van der Waals surface area contributed by atoms with Gasteiger partial charge in [-0.15, -0.1) is 0 Å². The van der Waals surface area contributed by atoms with E-state index in [4.69, 9.17) is 4.98 Å². The Morgan fingerprint density at radius 1 is 0.889 bits per heavy atom. The van der Waals surface area contributed by atoms with Gasteiger partial charge in [-0.1, -0.05) is 35.4 Å². The normalized spacial score (nSPS) is 13.7. The van der Waals surface area contributed by atoms with Crippen LogP contribution in [0.25, 0.3) is 11.3 Å². The summed E-state index contributed by atoms with van der Waals surface area (Å²) in [7, 11) is 0. The van der Waals surface area contributed by atoms with Crippen molar-refractivity contribution in [2.24, 2.45) is 0 Å². The van der Waals surface area contributed by atoms with Crippen LogP contribution in [0.5, 0.6) is 0 Å². The number of anilines is 3. The fourth-order valence-corrected chi connectivity index (χ4v) is 4.46. The zero-order chi connectivity index (χ0) is 25.2. The second-order valence-electron chi connectivity index (χ2n) is 9.37. The lowest BCUT2D eigenvalue weighted by molar-refractivity contribution is -0.133. The Hall–Kier alpha value is -4.13. The molecule has 1 aromatic heterocycles. The van der Waals surface area contributed by atoms with E-state index in [1.54, 1.807) is 12.1 Å². The lowest BCUT2D eigenvalue weighted by Crippen LogP contribution is -2.45. The highest BCUT2D eigenvalue weighted by molar-refractivity contribution is 5.84. The van der Waals surface area contributed by atoms with Gasteiger partial charge < -0.3 is 20.1 Å². The largest absolute Gasteiger partial charge is 0.374 e. The lowest BCUT2D eigenvalue weighted by atomic mass is 10.1. The molecule has 0 spiro atoms. The molecule has 7 heteroatoms. The quantitative estimate of drug-likeness (QED) is 0.359. The van der Waals surface area contributed by atoms with Crippen LogP contribution in [0.2, 0.25) is 0 Å². The summed E-state index contributed by atoms with van der Waals surface area (Å²) < 4.78 is 15.7. The maximum Gasteiger partial charge on any atom is 0.245 e. The first-order valence-corrected chi connectivity index (χ1v) is 12.2. The number of halogens is 1. The molecular formula is C29H30FN5O. The lowest BCUT2D eigenvalue weighted by Gasteiger charge is -2.31. The number of rotatable bonds is 6. The van der Waals surface area contributed by atoms with Gasteiger partial charge in [0.15, 0.2) is 0 Å². The van der Waals surface area contributed by atoms with Gasteiger partial charge in [-0.05, 0) is 69.3 Å². The van der Waals surface area contributed by atoms with Crippen LogP contribution in [0.3, 0.4) is 0 Å². The molecule has 0 bridgehead atoms. The maximum absolute atomic E-state index is 13.6. The van der Waals surface area contributed by atoms with Gasteiger partial charge in [0, 0.05) is 30.0 Å². The summed E-state index contributed by atoms with van der Waals surface area (Å²) in [6.07, 6.45) is 0. The summed E-state index contributed by atoms with van der Waals surface area (Å²) in [5.74, 6) is 1.38. The van der Waals surface area contributed by atoms with Crippen molar-refractivity contribution in [3.05, 3.63) is 95.6 Å². The Balaban J connectivity index is 1.41. The van der Waals surface area contributed by atoms with Crippen LogP contribution >= 0.6 is 0 Å². The number of amides is 1. The number of benzene rings is 3. The van der Waals surface area contributed by atoms with Crippen molar-refractivity contribution < 1.29 is 9.18 Å². The van der Waals surface area contributed by atoms with E-state index in [1.807, 2.05) is 55.1 Å². The number of aromatic nitrogens is 2. The predicted octanol–water partition coefficient (Wildman–Crippen LogP) is 5.89. The fraction of sp³-hybridized carbons (Fsp3) is 0.241. The van der Waals surface area contributed by atoms with E-state index in [2.05, 4.69) is 34.3 Å². The molecule has 6 nitrogen and oxygen atoms in total. The van der Waals surface area contributed by atoms with E-state index >= 15 is 0 Å². The van der Waals surface area contributed by atoms with Crippen molar-refractivity contribution in [3.8, 4) is 11.3 Å². The monoisotopic (exact) mass is 483 g/mol. The van der Waals surface area contributed by atoms with Crippen molar-refractivity contribution in [1.29, 1.82) is 0 Å².